The molecule has 6 heteroatoms. The van der Waals surface area contributed by atoms with Crippen LogP contribution in [0.1, 0.15) is 16.7 Å². The summed E-state index contributed by atoms with van der Waals surface area (Å²) in [6.45, 7) is 4.64. The third-order valence-electron chi connectivity index (χ3n) is 5.46. The van der Waals surface area contributed by atoms with Crippen molar-refractivity contribution in [2.45, 2.75) is 19.6 Å². The molecule has 0 aliphatic carbocycles. The van der Waals surface area contributed by atoms with Crippen molar-refractivity contribution in [1.82, 2.24) is 4.90 Å². The van der Waals surface area contributed by atoms with Gasteiger partial charge in [0.05, 0.1) is 33.0 Å². The smallest absolute Gasteiger partial charge is 0.203 e. The van der Waals surface area contributed by atoms with Gasteiger partial charge in [-0.15, -0.1) is 0 Å². The second-order valence-electron chi connectivity index (χ2n) is 7.32. The lowest BCUT2D eigenvalue weighted by molar-refractivity contribution is 0.0745. The predicted octanol–water partition coefficient (Wildman–Crippen LogP) is 3.26. The zero-order chi connectivity index (χ0) is 19.7. The van der Waals surface area contributed by atoms with Crippen molar-refractivity contribution in [3.8, 4) is 17.2 Å². The molecule has 28 heavy (non-hydrogen) atoms. The number of methoxy groups -OCH3 is 3. The highest BCUT2D eigenvalue weighted by atomic mass is 16.6. The number of likely N-dealkylation sites (tertiary alicyclic amines) is 1. The molecule has 2 aliphatic rings. The summed E-state index contributed by atoms with van der Waals surface area (Å²) in [5, 5.41) is 4.37. The quantitative estimate of drug-likeness (QED) is 0.768. The molecule has 2 aromatic carbocycles. The average Bonchev–Trinajstić information content (AvgIpc) is 3.28. The second-order valence-corrected chi connectivity index (χ2v) is 7.32. The van der Waals surface area contributed by atoms with E-state index in [1.54, 1.807) is 21.3 Å². The van der Waals surface area contributed by atoms with Gasteiger partial charge in [0, 0.05) is 19.6 Å². The maximum Gasteiger partial charge on any atom is 0.203 e. The van der Waals surface area contributed by atoms with E-state index in [9.17, 15) is 0 Å². The van der Waals surface area contributed by atoms with Crippen molar-refractivity contribution in [3.05, 3.63) is 53.1 Å². The van der Waals surface area contributed by atoms with Crippen LogP contribution in [0.5, 0.6) is 17.2 Å². The highest BCUT2D eigenvalue weighted by molar-refractivity contribution is 6.03. The summed E-state index contributed by atoms with van der Waals surface area (Å²) in [5.41, 5.74) is 4.56. The third-order valence-corrected chi connectivity index (χ3v) is 5.46. The largest absolute Gasteiger partial charge is 0.493 e. The Hall–Kier alpha value is -2.73. The number of ether oxygens (including phenoxy) is 3. The van der Waals surface area contributed by atoms with Crippen LogP contribution in [0.3, 0.4) is 0 Å². The van der Waals surface area contributed by atoms with Gasteiger partial charge >= 0.3 is 0 Å². The molecule has 2 heterocycles. The van der Waals surface area contributed by atoms with Crippen LogP contribution >= 0.6 is 0 Å². The summed E-state index contributed by atoms with van der Waals surface area (Å²) in [6, 6.07) is 12.5. The molecular formula is C22H26N2O4. The fraction of sp³-hybridized carbons (Fsp3) is 0.409. The monoisotopic (exact) mass is 382 g/mol. The molecule has 4 rings (SSSR count). The van der Waals surface area contributed by atoms with Gasteiger partial charge in [0.15, 0.2) is 11.5 Å². The lowest BCUT2D eigenvalue weighted by Gasteiger charge is -2.19. The summed E-state index contributed by atoms with van der Waals surface area (Å²) in [7, 11) is 4.89. The van der Waals surface area contributed by atoms with E-state index in [1.165, 1.54) is 5.56 Å². The van der Waals surface area contributed by atoms with Crippen molar-refractivity contribution in [1.29, 1.82) is 0 Å². The molecule has 0 aromatic heterocycles. The predicted molar refractivity (Wildman–Crippen MR) is 107 cm³/mol. The number of benzene rings is 2. The van der Waals surface area contributed by atoms with Crippen LogP contribution in [0.4, 0.5) is 0 Å². The van der Waals surface area contributed by atoms with Crippen LogP contribution in [0, 0.1) is 12.8 Å². The number of rotatable bonds is 6. The van der Waals surface area contributed by atoms with Gasteiger partial charge < -0.3 is 19.0 Å². The first-order valence-corrected chi connectivity index (χ1v) is 9.45. The first-order valence-electron chi connectivity index (χ1n) is 9.45. The number of hydrogen-bond donors (Lipinski definition) is 0. The van der Waals surface area contributed by atoms with Gasteiger partial charge in [-0.3, -0.25) is 4.90 Å². The minimum absolute atomic E-state index is 0.110. The molecule has 0 spiro atoms. The van der Waals surface area contributed by atoms with Gasteiger partial charge in [0.2, 0.25) is 5.75 Å². The van der Waals surface area contributed by atoms with Gasteiger partial charge in [-0.05, 0) is 30.2 Å². The summed E-state index contributed by atoms with van der Waals surface area (Å²) in [4.78, 5) is 8.13. The Kier molecular flexibility index (Phi) is 5.13. The van der Waals surface area contributed by atoms with E-state index < -0.39 is 0 Å². The summed E-state index contributed by atoms with van der Waals surface area (Å²) < 4.78 is 16.4. The van der Waals surface area contributed by atoms with Crippen molar-refractivity contribution < 1.29 is 19.0 Å². The molecule has 148 valence electrons. The Morgan fingerprint density at radius 3 is 2.29 bits per heavy atom. The lowest BCUT2D eigenvalue weighted by Crippen LogP contribution is -2.23. The van der Waals surface area contributed by atoms with Crippen LogP contribution in [-0.2, 0) is 11.4 Å². The summed E-state index contributed by atoms with van der Waals surface area (Å²) in [5.74, 6) is 2.26. The highest BCUT2D eigenvalue weighted by Gasteiger charge is 2.42. The Balaban J connectivity index is 1.50. The van der Waals surface area contributed by atoms with E-state index >= 15 is 0 Å². The number of oxime groups is 1. The fourth-order valence-electron chi connectivity index (χ4n) is 4.02. The van der Waals surface area contributed by atoms with E-state index in [0.29, 0.717) is 23.2 Å². The van der Waals surface area contributed by atoms with Crippen LogP contribution in [-0.4, -0.2) is 51.1 Å². The van der Waals surface area contributed by atoms with Gasteiger partial charge in [-0.25, -0.2) is 0 Å². The zero-order valence-corrected chi connectivity index (χ0v) is 16.8. The van der Waals surface area contributed by atoms with Crippen molar-refractivity contribution >= 4 is 5.71 Å². The second kappa shape index (κ2) is 7.72. The van der Waals surface area contributed by atoms with Gasteiger partial charge in [0.1, 0.15) is 6.10 Å². The zero-order valence-electron chi connectivity index (χ0n) is 16.8. The van der Waals surface area contributed by atoms with Crippen LogP contribution in [0.15, 0.2) is 41.6 Å². The molecule has 1 saturated heterocycles. The minimum Gasteiger partial charge on any atom is -0.493 e. The molecule has 2 aliphatic heterocycles. The Morgan fingerprint density at radius 1 is 1.00 bits per heavy atom. The van der Waals surface area contributed by atoms with Gasteiger partial charge in [-0.1, -0.05) is 35.0 Å². The SMILES string of the molecule is COc1cc(CN2C[C@@H]3ON=C(c4ccc(C)cc4)[C@@H]3C2)cc(OC)c1OC. The fourth-order valence-corrected chi connectivity index (χ4v) is 4.02. The molecule has 2 atom stereocenters. The lowest BCUT2D eigenvalue weighted by atomic mass is 9.94. The molecule has 0 saturated carbocycles. The normalized spacial score (nSPS) is 21.1. The molecule has 6 nitrogen and oxygen atoms in total. The molecule has 0 radical (unpaired) electrons. The Bertz CT molecular complexity index is 854. The highest BCUT2D eigenvalue weighted by Crippen LogP contribution is 2.39. The number of nitrogens with zero attached hydrogens (tertiary/aromatic N) is 2. The van der Waals surface area contributed by atoms with Crippen molar-refractivity contribution in [2.24, 2.45) is 11.1 Å². The van der Waals surface area contributed by atoms with E-state index in [4.69, 9.17) is 19.0 Å². The maximum absolute atomic E-state index is 5.75. The molecule has 0 N–H and O–H groups in total. The van der Waals surface area contributed by atoms with Crippen LogP contribution < -0.4 is 14.2 Å². The molecule has 0 unspecified atom stereocenters. The first-order chi connectivity index (χ1) is 13.6. The van der Waals surface area contributed by atoms with Gasteiger partial charge in [-0.2, -0.15) is 0 Å². The third kappa shape index (κ3) is 3.40. The number of aryl methyl sites for hydroxylation is 1. The number of fused-ring (bicyclic) bond motifs is 1. The summed E-state index contributed by atoms with van der Waals surface area (Å²) in [6.07, 6.45) is 0.110. The standard InChI is InChI=1S/C22H26N2O4/c1-14-5-7-16(8-6-14)21-17-12-24(13-20(17)28-23-21)11-15-9-18(25-2)22(27-4)19(10-15)26-3/h5-10,17,20H,11-13H2,1-4H3/t17-,20+/m1/s1. The first kappa shape index (κ1) is 18.6. The van der Waals surface area contributed by atoms with E-state index in [1.807, 2.05) is 12.1 Å². The number of hydrogen-bond acceptors (Lipinski definition) is 6. The van der Waals surface area contributed by atoms with Crippen molar-refractivity contribution in [2.75, 3.05) is 34.4 Å². The minimum atomic E-state index is 0.110. The Morgan fingerprint density at radius 2 is 1.68 bits per heavy atom. The van der Waals surface area contributed by atoms with E-state index in [-0.39, 0.29) is 6.10 Å². The molecular weight excluding hydrogens is 356 g/mol. The average molecular weight is 382 g/mol. The van der Waals surface area contributed by atoms with E-state index in [2.05, 4.69) is 41.2 Å². The molecule has 0 amide bonds. The Labute approximate surface area is 165 Å². The van der Waals surface area contributed by atoms with Crippen molar-refractivity contribution in [3.63, 3.8) is 0 Å². The van der Waals surface area contributed by atoms with Crippen LogP contribution in [0.2, 0.25) is 0 Å². The topological polar surface area (TPSA) is 52.5 Å². The molecule has 0 bridgehead atoms. The maximum atomic E-state index is 5.75. The molecule has 1 fully saturated rings. The van der Waals surface area contributed by atoms with Gasteiger partial charge in [0.25, 0.3) is 0 Å². The van der Waals surface area contributed by atoms with E-state index in [0.717, 1.165) is 36.5 Å². The summed E-state index contributed by atoms with van der Waals surface area (Å²) >= 11 is 0. The molecule has 2 aromatic rings. The van der Waals surface area contributed by atoms with Crippen LogP contribution in [0.25, 0.3) is 0 Å².